The Labute approximate surface area is 82.5 Å². The monoisotopic (exact) mass is 239 g/mol. The van der Waals surface area contributed by atoms with Gasteiger partial charge in [-0.2, -0.15) is 0 Å². The summed E-state index contributed by atoms with van der Waals surface area (Å²) in [6, 6.07) is 5.40. The van der Waals surface area contributed by atoms with Gasteiger partial charge in [-0.3, -0.25) is 0 Å². The van der Waals surface area contributed by atoms with E-state index in [9.17, 15) is 4.79 Å². The van der Waals surface area contributed by atoms with Gasteiger partial charge in [-0.1, -0.05) is 6.07 Å². The van der Waals surface area contributed by atoms with Crippen LogP contribution in [0.2, 0.25) is 0 Å². The van der Waals surface area contributed by atoms with Crippen LogP contribution in [0.3, 0.4) is 0 Å². The predicted octanol–water partition coefficient (Wildman–Crippen LogP) is 2.26. The number of fused-ring (bicyclic) bond motifs is 1. The minimum absolute atomic E-state index is 0.352. The van der Waals surface area contributed by atoms with Crippen molar-refractivity contribution in [2.24, 2.45) is 0 Å². The van der Waals surface area contributed by atoms with Crippen LogP contribution >= 0.6 is 15.9 Å². The maximum absolute atomic E-state index is 11.4. The van der Waals surface area contributed by atoms with Gasteiger partial charge in [-0.25, -0.2) is 9.78 Å². The maximum Gasteiger partial charge on any atom is 0.347 e. The topological polar surface area (TPSA) is 43.1 Å². The van der Waals surface area contributed by atoms with Crippen LogP contribution in [0.5, 0.6) is 0 Å². The number of benzene rings is 1. The molecule has 0 fully saturated rings. The fourth-order valence-electron chi connectivity index (χ4n) is 1.19. The Morgan fingerprint density at radius 3 is 3.00 bits per heavy atom. The first-order chi connectivity index (χ1) is 6.18. The van der Waals surface area contributed by atoms with Crippen molar-refractivity contribution in [3.05, 3.63) is 39.0 Å². The van der Waals surface area contributed by atoms with Crippen molar-refractivity contribution in [3.63, 3.8) is 0 Å². The molecule has 0 radical (unpaired) electrons. The molecule has 0 aliphatic rings. The first-order valence-electron chi connectivity index (χ1n) is 3.74. The number of nitrogens with zero attached hydrogens (tertiary/aromatic N) is 1. The molecule has 1 heterocycles. The summed E-state index contributed by atoms with van der Waals surface area (Å²) in [5.74, 6) is 0.385. The molecule has 3 nitrogen and oxygen atoms in total. The third-order valence-electron chi connectivity index (χ3n) is 1.71. The average Bonchev–Trinajstić information content (AvgIpc) is 2.02. The Hall–Kier alpha value is -1.16. The zero-order valence-corrected chi connectivity index (χ0v) is 8.46. The van der Waals surface area contributed by atoms with Gasteiger partial charge < -0.3 is 4.42 Å². The summed E-state index contributed by atoms with van der Waals surface area (Å²) in [5, 5.41) is 0.494. The molecular formula is C9H6BrNO2. The molecule has 0 bridgehead atoms. The van der Waals surface area contributed by atoms with Crippen molar-refractivity contribution in [2.45, 2.75) is 6.92 Å². The first-order valence-corrected chi connectivity index (χ1v) is 4.54. The third-order valence-corrected chi connectivity index (χ3v) is 2.37. The molecule has 0 aliphatic carbocycles. The van der Waals surface area contributed by atoms with Gasteiger partial charge in [-0.15, -0.1) is 0 Å². The Morgan fingerprint density at radius 1 is 1.46 bits per heavy atom. The minimum Gasteiger partial charge on any atom is -0.408 e. The van der Waals surface area contributed by atoms with Crippen molar-refractivity contribution in [1.29, 1.82) is 0 Å². The molecule has 1 aromatic heterocycles. The molecular weight excluding hydrogens is 234 g/mol. The normalized spacial score (nSPS) is 10.6. The second-order valence-corrected chi connectivity index (χ2v) is 3.51. The summed E-state index contributed by atoms with van der Waals surface area (Å²) in [6.45, 7) is 1.65. The van der Waals surface area contributed by atoms with Crippen LogP contribution in [-0.4, -0.2) is 4.98 Å². The van der Waals surface area contributed by atoms with E-state index in [0.29, 0.717) is 21.3 Å². The van der Waals surface area contributed by atoms with E-state index in [2.05, 4.69) is 20.9 Å². The summed E-state index contributed by atoms with van der Waals surface area (Å²) >= 11 is 3.27. The molecule has 0 aliphatic heterocycles. The molecule has 13 heavy (non-hydrogen) atoms. The van der Waals surface area contributed by atoms with Crippen LogP contribution in [0.1, 0.15) is 5.89 Å². The number of hydrogen-bond donors (Lipinski definition) is 0. The van der Waals surface area contributed by atoms with E-state index < -0.39 is 0 Å². The SMILES string of the molecule is Cc1nc2cccc(Br)c2c(=O)o1. The average molecular weight is 240 g/mol. The van der Waals surface area contributed by atoms with Crippen LogP contribution in [-0.2, 0) is 0 Å². The Morgan fingerprint density at radius 2 is 2.23 bits per heavy atom. The van der Waals surface area contributed by atoms with Crippen molar-refractivity contribution < 1.29 is 4.42 Å². The van der Waals surface area contributed by atoms with Gasteiger partial charge >= 0.3 is 5.63 Å². The summed E-state index contributed by atoms with van der Waals surface area (Å²) in [6.07, 6.45) is 0. The van der Waals surface area contributed by atoms with E-state index in [4.69, 9.17) is 4.42 Å². The van der Waals surface area contributed by atoms with Gasteiger partial charge in [0, 0.05) is 11.4 Å². The van der Waals surface area contributed by atoms with Crippen LogP contribution in [0.4, 0.5) is 0 Å². The fourth-order valence-corrected chi connectivity index (χ4v) is 1.70. The molecule has 0 atom stereocenters. The van der Waals surface area contributed by atoms with E-state index in [1.165, 1.54) is 0 Å². The van der Waals surface area contributed by atoms with Crippen molar-refractivity contribution in [3.8, 4) is 0 Å². The number of halogens is 1. The lowest BCUT2D eigenvalue weighted by atomic mass is 10.2. The largest absolute Gasteiger partial charge is 0.408 e. The highest BCUT2D eigenvalue weighted by Gasteiger charge is 2.05. The summed E-state index contributed by atoms with van der Waals surface area (Å²) in [7, 11) is 0. The molecule has 2 rings (SSSR count). The molecule has 0 unspecified atom stereocenters. The highest BCUT2D eigenvalue weighted by Crippen LogP contribution is 2.18. The molecule has 0 amide bonds. The quantitative estimate of drug-likeness (QED) is 0.709. The Bertz CT molecular complexity index is 518. The molecule has 0 spiro atoms. The molecule has 0 N–H and O–H groups in total. The molecule has 4 heteroatoms. The summed E-state index contributed by atoms with van der Waals surface area (Å²) in [4.78, 5) is 15.5. The van der Waals surface area contributed by atoms with Gasteiger partial charge in [0.2, 0.25) is 0 Å². The van der Waals surface area contributed by atoms with Gasteiger partial charge in [0.1, 0.15) is 5.39 Å². The lowest BCUT2D eigenvalue weighted by Gasteiger charge is -1.97. The maximum atomic E-state index is 11.4. The highest BCUT2D eigenvalue weighted by molar-refractivity contribution is 9.10. The number of hydrogen-bond acceptors (Lipinski definition) is 3. The van der Waals surface area contributed by atoms with E-state index in [-0.39, 0.29) is 5.63 Å². The number of rotatable bonds is 0. The third kappa shape index (κ3) is 1.37. The fraction of sp³-hybridized carbons (Fsp3) is 0.111. The van der Waals surface area contributed by atoms with Crippen molar-refractivity contribution >= 4 is 26.8 Å². The van der Waals surface area contributed by atoms with Gasteiger partial charge in [-0.05, 0) is 28.1 Å². The van der Waals surface area contributed by atoms with Crippen LogP contribution < -0.4 is 5.63 Å². The Balaban J connectivity index is 3.03. The van der Waals surface area contributed by atoms with Crippen molar-refractivity contribution in [1.82, 2.24) is 4.98 Å². The van der Waals surface area contributed by atoms with Crippen LogP contribution in [0, 0.1) is 6.92 Å². The highest BCUT2D eigenvalue weighted by atomic mass is 79.9. The molecule has 0 saturated heterocycles. The van der Waals surface area contributed by atoms with E-state index in [1.807, 2.05) is 6.07 Å². The first kappa shape index (κ1) is 8.44. The number of aromatic nitrogens is 1. The molecule has 2 aromatic rings. The number of aryl methyl sites for hydroxylation is 1. The summed E-state index contributed by atoms with van der Waals surface area (Å²) in [5.41, 5.74) is 0.304. The zero-order valence-electron chi connectivity index (χ0n) is 6.87. The summed E-state index contributed by atoms with van der Waals surface area (Å²) < 4.78 is 5.59. The smallest absolute Gasteiger partial charge is 0.347 e. The lowest BCUT2D eigenvalue weighted by molar-refractivity contribution is 0.467. The zero-order chi connectivity index (χ0) is 9.42. The van der Waals surface area contributed by atoms with Gasteiger partial charge in [0.05, 0.1) is 5.52 Å². The molecule has 0 saturated carbocycles. The standard InChI is InChI=1S/C9H6BrNO2/c1-5-11-7-4-2-3-6(10)8(7)9(12)13-5/h2-4H,1H3. The molecule has 66 valence electrons. The second-order valence-electron chi connectivity index (χ2n) is 2.65. The molecule has 1 aromatic carbocycles. The van der Waals surface area contributed by atoms with Gasteiger partial charge in [0.15, 0.2) is 5.89 Å². The van der Waals surface area contributed by atoms with Gasteiger partial charge in [0.25, 0.3) is 0 Å². The predicted molar refractivity (Wildman–Crippen MR) is 52.7 cm³/mol. The van der Waals surface area contributed by atoms with E-state index >= 15 is 0 Å². The van der Waals surface area contributed by atoms with E-state index in [1.54, 1.807) is 19.1 Å². The lowest BCUT2D eigenvalue weighted by Crippen LogP contribution is -2.03. The van der Waals surface area contributed by atoms with Crippen molar-refractivity contribution in [2.75, 3.05) is 0 Å². The van der Waals surface area contributed by atoms with E-state index in [0.717, 1.165) is 0 Å². The Kier molecular flexibility index (Phi) is 1.92. The van der Waals surface area contributed by atoms with Crippen LogP contribution in [0.15, 0.2) is 31.9 Å². The minimum atomic E-state index is -0.352. The van der Waals surface area contributed by atoms with Crippen LogP contribution in [0.25, 0.3) is 10.9 Å². The second kappa shape index (κ2) is 2.96.